The molecular formula is C43H70O4. The second-order valence-electron chi connectivity index (χ2n) is 13.7. The van der Waals surface area contributed by atoms with E-state index in [1.807, 2.05) is 48.5 Å². The lowest BCUT2D eigenvalue weighted by Gasteiger charge is -2.20. The van der Waals surface area contributed by atoms with E-state index in [0.717, 1.165) is 37.9 Å². The second kappa shape index (κ2) is 27.6. The van der Waals surface area contributed by atoms with E-state index < -0.39 is 0 Å². The van der Waals surface area contributed by atoms with Crippen LogP contribution in [0.5, 0.6) is 11.5 Å². The number of carbonyl (C=O) groups excluding carboxylic acids is 1. The first-order valence-corrected chi connectivity index (χ1v) is 19.8. The van der Waals surface area contributed by atoms with Gasteiger partial charge in [-0.2, -0.15) is 0 Å². The van der Waals surface area contributed by atoms with Crippen molar-refractivity contribution in [2.75, 3.05) is 6.61 Å². The molecule has 2 rings (SSSR count). The zero-order chi connectivity index (χ0) is 33.8. The lowest BCUT2D eigenvalue weighted by atomic mass is 10.0. The van der Waals surface area contributed by atoms with Crippen LogP contribution in [0.15, 0.2) is 48.5 Å². The maximum absolute atomic E-state index is 13.1. The number of carbonyl (C=O) groups is 1. The van der Waals surface area contributed by atoms with Crippen LogP contribution in [-0.2, 0) is 4.74 Å². The van der Waals surface area contributed by atoms with Crippen molar-refractivity contribution < 1.29 is 19.0 Å². The number of benzene rings is 2. The van der Waals surface area contributed by atoms with E-state index in [1.54, 1.807) is 0 Å². The van der Waals surface area contributed by atoms with Gasteiger partial charge in [-0.1, -0.05) is 167 Å². The van der Waals surface area contributed by atoms with E-state index in [-0.39, 0.29) is 18.2 Å². The van der Waals surface area contributed by atoms with E-state index in [2.05, 4.69) is 27.7 Å². The molecule has 0 amide bonds. The Morgan fingerprint density at radius 3 is 1.57 bits per heavy atom. The molecule has 0 fully saturated rings. The molecule has 47 heavy (non-hydrogen) atoms. The van der Waals surface area contributed by atoms with Gasteiger partial charge >= 0.3 is 5.97 Å². The minimum Gasteiger partial charge on any atom is -0.487 e. The fourth-order valence-electron chi connectivity index (χ4n) is 6.25. The van der Waals surface area contributed by atoms with Gasteiger partial charge in [0.1, 0.15) is 0 Å². The SMILES string of the molecule is CCCCCCCCCCCCCCCCOC(C)c1ccc(C(=O)Oc2ccccc2OC(CCC)CCCCCCCC)cc1. The first kappa shape index (κ1) is 40.8. The Bertz CT molecular complexity index is 1020. The molecule has 0 aliphatic rings. The van der Waals surface area contributed by atoms with Crippen molar-refractivity contribution in [3.8, 4) is 11.5 Å². The minimum atomic E-state index is -0.369. The van der Waals surface area contributed by atoms with Crippen molar-refractivity contribution in [1.29, 1.82) is 0 Å². The molecule has 2 atom stereocenters. The predicted molar refractivity (Wildman–Crippen MR) is 200 cm³/mol. The summed E-state index contributed by atoms with van der Waals surface area (Å²) in [6, 6.07) is 15.2. The Morgan fingerprint density at radius 2 is 1.04 bits per heavy atom. The third-order valence-electron chi connectivity index (χ3n) is 9.32. The highest BCUT2D eigenvalue weighted by atomic mass is 16.6. The fourth-order valence-corrected chi connectivity index (χ4v) is 6.25. The van der Waals surface area contributed by atoms with Gasteiger partial charge in [0, 0.05) is 6.61 Å². The van der Waals surface area contributed by atoms with Gasteiger partial charge in [-0.15, -0.1) is 0 Å². The van der Waals surface area contributed by atoms with Crippen LogP contribution in [-0.4, -0.2) is 18.7 Å². The topological polar surface area (TPSA) is 44.8 Å². The summed E-state index contributed by atoms with van der Waals surface area (Å²) in [7, 11) is 0. The van der Waals surface area contributed by atoms with Gasteiger partial charge in [0.05, 0.1) is 17.8 Å². The molecule has 0 spiro atoms. The first-order chi connectivity index (χ1) is 23.1. The molecule has 4 heteroatoms. The van der Waals surface area contributed by atoms with Crippen LogP contribution < -0.4 is 9.47 Å². The summed E-state index contributed by atoms with van der Waals surface area (Å²) in [6.45, 7) is 9.59. The maximum Gasteiger partial charge on any atom is 0.343 e. The molecule has 0 aliphatic carbocycles. The zero-order valence-electron chi connectivity index (χ0n) is 30.9. The normalized spacial score (nSPS) is 12.6. The molecule has 2 aromatic rings. The molecule has 2 unspecified atom stereocenters. The van der Waals surface area contributed by atoms with Gasteiger partial charge < -0.3 is 14.2 Å². The molecule has 0 aromatic heterocycles. The summed E-state index contributed by atoms with van der Waals surface area (Å²) in [4.78, 5) is 13.1. The van der Waals surface area contributed by atoms with Crippen LogP contribution in [0.1, 0.15) is 197 Å². The Morgan fingerprint density at radius 1 is 0.553 bits per heavy atom. The van der Waals surface area contributed by atoms with Crippen molar-refractivity contribution in [3.63, 3.8) is 0 Å². The second-order valence-corrected chi connectivity index (χ2v) is 13.7. The molecule has 0 aliphatic heterocycles. The summed E-state index contributed by atoms with van der Waals surface area (Å²) in [5.74, 6) is 0.759. The smallest absolute Gasteiger partial charge is 0.343 e. The first-order valence-electron chi connectivity index (χ1n) is 19.8. The Labute approximate surface area is 289 Å². The fraction of sp³-hybridized carbons (Fsp3) is 0.698. The van der Waals surface area contributed by atoms with Crippen LogP contribution >= 0.6 is 0 Å². The summed E-state index contributed by atoms with van der Waals surface area (Å²) in [5.41, 5.74) is 1.60. The Kier molecular flexibility index (Phi) is 24.0. The van der Waals surface area contributed by atoms with Crippen molar-refractivity contribution in [2.45, 2.75) is 188 Å². The third-order valence-corrected chi connectivity index (χ3v) is 9.32. The van der Waals surface area contributed by atoms with Gasteiger partial charge in [-0.25, -0.2) is 4.79 Å². The van der Waals surface area contributed by atoms with E-state index in [1.165, 1.54) is 122 Å². The summed E-state index contributed by atoms with van der Waals surface area (Å²) >= 11 is 0. The van der Waals surface area contributed by atoms with Crippen molar-refractivity contribution in [1.82, 2.24) is 0 Å². The summed E-state index contributed by atoms with van der Waals surface area (Å²) < 4.78 is 18.4. The highest BCUT2D eigenvalue weighted by Gasteiger charge is 2.17. The molecule has 2 aromatic carbocycles. The van der Waals surface area contributed by atoms with Crippen LogP contribution in [0.2, 0.25) is 0 Å². The van der Waals surface area contributed by atoms with Gasteiger partial charge in [-0.05, 0) is 62.4 Å². The largest absolute Gasteiger partial charge is 0.487 e. The molecule has 0 saturated carbocycles. The zero-order valence-corrected chi connectivity index (χ0v) is 30.9. The molecule has 0 radical (unpaired) electrons. The van der Waals surface area contributed by atoms with Crippen LogP contribution in [0.25, 0.3) is 0 Å². The van der Waals surface area contributed by atoms with Gasteiger partial charge in [0.15, 0.2) is 11.5 Å². The standard InChI is InChI=1S/C43H70O4/c1-5-8-10-12-14-15-16-17-18-19-20-21-23-27-36-45-37(4)38-32-34-39(35-33-38)43(44)47-42-31-26-25-30-41(42)46-40(28-7-3)29-24-22-13-11-9-6-2/h25-26,30-35,37,40H,5-24,27-29,36H2,1-4H3. The van der Waals surface area contributed by atoms with E-state index in [0.29, 0.717) is 17.1 Å². The third kappa shape index (κ3) is 19.3. The monoisotopic (exact) mass is 651 g/mol. The Balaban J connectivity index is 1.66. The average molecular weight is 651 g/mol. The van der Waals surface area contributed by atoms with Crippen molar-refractivity contribution in [3.05, 3.63) is 59.7 Å². The maximum atomic E-state index is 13.1. The lowest BCUT2D eigenvalue weighted by Crippen LogP contribution is -2.17. The van der Waals surface area contributed by atoms with Crippen LogP contribution in [0.3, 0.4) is 0 Å². The van der Waals surface area contributed by atoms with Crippen molar-refractivity contribution >= 4 is 5.97 Å². The molecule has 0 heterocycles. The quantitative estimate of drug-likeness (QED) is 0.0479. The van der Waals surface area contributed by atoms with Gasteiger partial charge in [0.2, 0.25) is 0 Å². The highest BCUT2D eigenvalue weighted by molar-refractivity contribution is 5.91. The number of esters is 1. The molecule has 0 bridgehead atoms. The van der Waals surface area contributed by atoms with E-state index >= 15 is 0 Å². The number of para-hydroxylation sites is 2. The minimum absolute atomic E-state index is 0.00156. The highest BCUT2D eigenvalue weighted by Crippen LogP contribution is 2.30. The van der Waals surface area contributed by atoms with E-state index in [4.69, 9.17) is 14.2 Å². The van der Waals surface area contributed by atoms with Crippen molar-refractivity contribution in [2.24, 2.45) is 0 Å². The van der Waals surface area contributed by atoms with E-state index in [9.17, 15) is 4.79 Å². The number of hydrogen-bond donors (Lipinski definition) is 0. The van der Waals surface area contributed by atoms with Gasteiger partial charge in [-0.3, -0.25) is 0 Å². The van der Waals surface area contributed by atoms with Crippen LogP contribution in [0.4, 0.5) is 0 Å². The molecule has 266 valence electrons. The molecular weight excluding hydrogens is 580 g/mol. The van der Waals surface area contributed by atoms with Gasteiger partial charge in [0.25, 0.3) is 0 Å². The number of rotatable bonds is 30. The average Bonchev–Trinajstić information content (AvgIpc) is 3.08. The van der Waals surface area contributed by atoms with Crippen LogP contribution in [0, 0.1) is 0 Å². The summed E-state index contributed by atoms with van der Waals surface area (Å²) in [5, 5.41) is 0. The lowest BCUT2D eigenvalue weighted by molar-refractivity contribution is 0.0625. The molecule has 0 N–H and O–H groups in total. The number of ether oxygens (including phenoxy) is 3. The Hall–Kier alpha value is -2.33. The number of hydrogen-bond acceptors (Lipinski definition) is 4. The molecule has 0 saturated heterocycles. The predicted octanol–water partition coefficient (Wildman–Crippen LogP) is 13.8. The molecule has 4 nitrogen and oxygen atoms in total. The summed E-state index contributed by atoms with van der Waals surface area (Å²) in [6.07, 6.45) is 29.9. The number of unbranched alkanes of at least 4 members (excludes halogenated alkanes) is 18.